The van der Waals surface area contributed by atoms with E-state index in [-0.39, 0.29) is 17.4 Å². The fraction of sp³-hybridized carbons (Fsp3) is 0.371. The summed E-state index contributed by atoms with van der Waals surface area (Å²) in [4.78, 5) is 25.3. The number of ether oxygens (including phenoxy) is 2. The number of aromatic nitrogens is 1. The minimum atomic E-state index is -1.09. The number of benzene rings is 3. The Kier molecular flexibility index (Phi) is 8.34. The van der Waals surface area contributed by atoms with Crippen molar-refractivity contribution in [2.24, 2.45) is 7.05 Å². The number of rotatable bonds is 8. The largest absolute Gasteiger partial charge is 0.476 e. The van der Waals surface area contributed by atoms with Gasteiger partial charge in [0, 0.05) is 29.2 Å². The van der Waals surface area contributed by atoms with E-state index in [0.29, 0.717) is 17.7 Å². The van der Waals surface area contributed by atoms with Gasteiger partial charge in [0.15, 0.2) is 5.60 Å². The molecule has 1 atom stereocenters. The van der Waals surface area contributed by atoms with Crippen LogP contribution in [0.5, 0.6) is 5.75 Å². The fourth-order valence-corrected chi connectivity index (χ4v) is 5.15. The lowest BCUT2D eigenvalue weighted by molar-refractivity contribution is -0.156. The Balaban J connectivity index is 1.54. The summed E-state index contributed by atoms with van der Waals surface area (Å²) in [6.45, 7) is 14.1. The Labute approximate surface area is 243 Å². The number of nitrogens with one attached hydrogen (secondary N) is 1. The van der Waals surface area contributed by atoms with Crippen molar-refractivity contribution in [2.75, 3.05) is 7.11 Å². The summed E-state index contributed by atoms with van der Waals surface area (Å²) >= 11 is 0. The number of carbonyl (C=O) groups is 2. The van der Waals surface area contributed by atoms with Gasteiger partial charge in [-0.05, 0) is 86.1 Å². The molecule has 4 aromatic rings. The minimum Gasteiger partial charge on any atom is -0.476 e. The van der Waals surface area contributed by atoms with Gasteiger partial charge in [0.05, 0.1) is 13.2 Å². The normalized spacial score (nSPS) is 12.7. The van der Waals surface area contributed by atoms with E-state index in [1.54, 1.807) is 13.8 Å². The van der Waals surface area contributed by atoms with E-state index in [0.717, 1.165) is 27.7 Å². The second-order valence-corrected chi connectivity index (χ2v) is 12.4. The molecule has 6 heteroatoms. The Bertz CT molecular complexity index is 1570. The molecule has 0 aliphatic carbocycles. The van der Waals surface area contributed by atoms with Crippen LogP contribution in [0.25, 0.3) is 10.9 Å². The molecule has 6 nitrogen and oxygen atoms in total. The van der Waals surface area contributed by atoms with Gasteiger partial charge in [-0.15, -0.1) is 0 Å². The zero-order chi connectivity index (χ0) is 30.1. The van der Waals surface area contributed by atoms with Gasteiger partial charge < -0.3 is 19.4 Å². The summed E-state index contributed by atoms with van der Waals surface area (Å²) in [6.07, 6.45) is 0.687. The van der Waals surface area contributed by atoms with Crippen molar-refractivity contribution < 1.29 is 19.1 Å². The average Bonchev–Trinajstić information content (AvgIpc) is 3.16. The molecule has 0 bridgehead atoms. The lowest BCUT2D eigenvalue weighted by Gasteiger charge is -2.23. The van der Waals surface area contributed by atoms with Gasteiger partial charge in [-0.25, -0.2) is 4.79 Å². The molecule has 4 rings (SSSR count). The summed E-state index contributed by atoms with van der Waals surface area (Å²) in [5.74, 6) is 0.0789. The molecule has 1 heterocycles. The quantitative estimate of drug-likeness (QED) is 0.234. The Morgan fingerprint density at radius 2 is 1.63 bits per heavy atom. The zero-order valence-corrected chi connectivity index (χ0v) is 25.7. The summed E-state index contributed by atoms with van der Waals surface area (Å²) in [6, 6.07) is 22.0. The molecule has 41 heavy (non-hydrogen) atoms. The first-order valence-electron chi connectivity index (χ1n) is 14.1. The number of nitrogens with zero attached hydrogens (tertiary/aromatic N) is 1. The van der Waals surface area contributed by atoms with Gasteiger partial charge in [0.2, 0.25) is 0 Å². The number of hydrogen-bond donors (Lipinski definition) is 1. The van der Waals surface area contributed by atoms with E-state index in [1.165, 1.54) is 18.2 Å². The second kappa shape index (κ2) is 11.4. The molecule has 0 unspecified atom stereocenters. The molecule has 0 aliphatic rings. The van der Waals surface area contributed by atoms with Crippen LogP contribution in [-0.2, 0) is 28.4 Å². The number of aryl methyl sites for hydroxylation is 1. The van der Waals surface area contributed by atoms with Crippen LogP contribution < -0.4 is 10.1 Å². The molecule has 0 aliphatic heterocycles. The molecular weight excluding hydrogens is 512 g/mol. The molecule has 1 N–H and O–H groups in total. The lowest BCUT2D eigenvalue weighted by atomic mass is 9.86. The van der Waals surface area contributed by atoms with Gasteiger partial charge in [-0.1, -0.05) is 63.2 Å². The third-order valence-electron chi connectivity index (χ3n) is 7.84. The predicted octanol–water partition coefficient (Wildman–Crippen LogP) is 7.20. The standard InChI is InChI=1S/C35H42N2O4/c1-22(25-13-16-27(17-14-25)34(3,4)5)36-32(38)26-15-18-29-30(23(2)37(8)31(29)21-26)20-24-11-10-12-28(19-24)41-35(6,7)33(39)40-9/h10-19,21-22H,20H2,1-9H3,(H,36,38)/t22-/m1/s1. The zero-order valence-electron chi connectivity index (χ0n) is 25.7. The maximum atomic E-state index is 13.2. The Morgan fingerprint density at radius 1 is 0.951 bits per heavy atom. The monoisotopic (exact) mass is 554 g/mol. The highest BCUT2D eigenvalue weighted by atomic mass is 16.6. The van der Waals surface area contributed by atoms with E-state index in [4.69, 9.17) is 9.47 Å². The predicted molar refractivity (Wildman–Crippen MR) is 165 cm³/mol. The third-order valence-corrected chi connectivity index (χ3v) is 7.84. The highest BCUT2D eigenvalue weighted by molar-refractivity contribution is 5.99. The van der Waals surface area contributed by atoms with Crippen LogP contribution in [0.1, 0.15) is 85.9 Å². The van der Waals surface area contributed by atoms with Crippen LogP contribution in [0.2, 0.25) is 0 Å². The van der Waals surface area contributed by atoms with E-state index in [2.05, 4.69) is 61.8 Å². The first-order valence-corrected chi connectivity index (χ1v) is 14.1. The molecule has 0 saturated heterocycles. The summed E-state index contributed by atoms with van der Waals surface area (Å²) in [5.41, 5.74) is 6.35. The fourth-order valence-electron chi connectivity index (χ4n) is 5.15. The van der Waals surface area contributed by atoms with Crippen LogP contribution in [0, 0.1) is 6.92 Å². The van der Waals surface area contributed by atoms with Crippen molar-refractivity contribution in [1.29, 1.82) is 0 Å². The number of fused-ring (bicyclic) bond motifs is 1. The second-order valence-electron chi connectivity index (χ2n) is 12.4. The van der Waals surface area contributed by atoms with Crippen LogP contribution >= 0.6 is 0 Å². The molecule has 1 aromatic heterocycles. The summed E-state index contributed by atoms with van der Waals surface area (Å²) < 4.78 is 13.0. The topological polar surface area (TPSA) is 69.6 Å². The SMILES string of the molecule is COC(=O)C(C)(C)Oc1cccc(Cc2c(C)n(C)c3cc(C(=O)N[C@H](C)c4ccc(C(C)(C)C)cc4)ccc23)c1. The van der Waals surface area contributed by atoms with Crippen LogP contribution in [-0.4, -0.2) is 29.2 Å². The lowest BCUT2D eigenvalue weighted by Crippen LogP contribution is -2.39. The van der Waals surface area contributed by atoms with Gasteiger partial charge in [-0.2, -0.15) is 0 Å². The molecular formula is C35H42N2O4. The highest BCUT2D eigenvalue weighted by Gasteiger charge is 2.31. The van der Waals surface area contributed by atoms with Gasteiger partial charge >= 0.3 is 5.97 Å². The van der Waals surface area contributed by atoms with Gasteiger partial charge in [-0.3, -0.25) is 4.79 Å². The molecule has 216 valence electrons. The Morgan fingerprint density at radius 3 is 2.27 bits per heavy atom. The molecule has 0 fully saturated rings. The maximum Gasteiger partial charge on any atom is 0.349 e. The van der Waals surface area contributed by atoms with Crippen molar-refractivity contribution in [3.63, 3.8) is 0 Å². The van der Waals surface area contributed by atoms with Crippen LogP contribution in [0.15, 0.2) is 66.7 Å². The van der Waals surface area contributed by atoms with Crippen molar-refractivity contribution in [2.45, 2.75) is 71.9 Å². The number of methoxy groups -OCH3 is 1. The third kappa shape index (κ3) is 6.48. The molecule has 3 aromatic carbocycles. The maximum absolute atomic E-state index is 13.2. The van der Waals surface area contributed by atoms with Crippen molar-refractivity contribution >= 4 is 22.8 Å². The molecule has 0 spiro atoms. The summed E-state index contributed by atoms with van der Waals surface area (Å²) in [5, 5.41) is 4.26. The number of hydrogen-bond acceptors (Lipinski definition) is 4. The highest BCUT2D eigenvalue weighted by Crippen LogP contribution is 2.30. The molecule has 1 amide bonds. The number of amides is 1. The van der Waals surface area contributed by atoms with Crippen LogP contribution in [0.3, 0.4) is 0 Å². The van der Waals surface area contributed by atoms with E-state index in [9.17, 15) is 9.59 Å². The first kappa shape index (κ1) is 29.9. The average molecular weight is 555 g/mol. The smallest absolute Gasteiger partial charge is 0.349 e. The minimum absolute atomic E-state index is 0.0878. The van der Waals surface area contributed by atoms with E-state index < -0.39 is 11.6 Å². The van der Waals surface area contributed by atoms with Gasteiger partial charge in [0.1, 0.15) is 5.75 Å². The number of esters is 1. The first-order chi connectivity index (χ1) is 19.2. The van der Waals surface area contributed by atoms with E-state index in [1.807, 2.05) is 56.4 Å². The number of carbonyl (C=O) groups excluding carboxylic acids is 2. The Hall–Kier alpha value is -4.06. The molecule has 0 saturated carbocycles. The molecule has 0 radical (unpaired) electrons. The van der Waals surface area contributed by atoms with E-state index >= 15 is 0 Å². The summed E-state index contributed by atoms with van der Waals surface area (Å²) in [7, 11) is 3.38. The van der Waals surface area contributed by atoms with Crippen molar-refractivity contribution in [1.82, 2.24) is 9.88 Å². The van der Waals surface area contributed by atoms with Crippen molar-refractivity contribution in [3.8, 4) is 5.75 Å². The van der Waals surface area contributed by atoms with Gasteiger partial charge in [0.25, 0.3) is 5.91 Å². The van der Waals surface area contributed by atoms with Crippen molar-refractivity contribution in [3.05, 3.63) is 100 Å². The van der Waals surface area contributed by atoms with Crippen LogP contribution in [0.4, 0.5) is 0 Å².